The summed E-state index contributed by atoms with van der Waals surface area (Å²) in [5, 5.41) is 19.1. The maximum absolute atomic E-state index is 10.9. The van der Waals surface area contributed by atoms with Crippen LogP contribution in [0.25, 0.3) is 0 Å². The fourth-order valence-electron chi connectivity index (χ4n) is 3.24. The molecule has 0 aliphatic heterocycles. The fraction of sp³-hybridized carbons (Fsp3) is 0.870. The Morgan fingerprint density at radius 2 is 1.33 bits per heavy atom. The van der Waals surface area contributed by atoms with E-state index in [9.17, 15) is 9.90 Å². The lowest BCUT2D eigenvalue weighted by atomic mass is 10.0. The van der Waals surface area contributed by atoms with Crippen molar-refractivity contribution in [3.05, 3.63) is 12.2 Å². The van der Waals surface area contributed by atoms with Gasteiger partial charge in [-0.3, -0.25) is 4.79 Å². The van der Waals surface area contributed by atoms with Crippen molar-refractivity contribution in [1.82, 2.24) is 0 Å². The molecule has 0 heterocycles. The Bertz CT molecular complexity index is 354. The largest absolute Gasteiger partial charge is 0.457 e. The molecular weight excluding hydrogens is 340 g/mol. The normalized spacial score (nSPS) is 13.8. The van der Waals surface area contributed by atoms with Crippen molar-refractivity contribution in [2.75, 3.05) is 6.61 Å². The van der Waals surface area contributed by atoms with Crippen LogP contribution < -0.4 is 0 Å². The molecule has 0 aromatic rings. The molecule has 2 atom stereocenters. The molecule has 160 valence electrons. The molecule has 0 rings (SSSR count). The average molecular weight is 385 g/mol. The van der Waals surface area contributed by atoms with Gasteiger partial charge in [-0.15, -0.1) is 0 Å². The smallest absolute Gasteiger partial charge is 0.303 e. The molecule has 4 heteroatoms. The summed E-state index contributed by atoms with van der Waals surface area (Å²) in [5.41, 5.74) is 0. The molecule has 0 fully saturated rings. The maximum Gasteiger partial charge on any atom is 0.303 e. The fourth-order valence-corrected chi connectivity index (χ4v) is 3.24. The number of esters is 1. The van der Waals surface area contributed by atoms with Crippen molar-refractivity contribution >= 4 is 5.97 Å². The summed E-state index contributed by atoms with van der Waals surface area (Å²) in [6.07, 6.45) is 21.2. The van der Waals surface area contributed by atoms with E-state index in [-0.39, 0.29) is 6.61 Å². The van der Waals surface area contributed by atoms with Crippen LogP contribution in [0.2, 0.25) is 0 Å². The zero-order chi connectivity index (χ0) is 20.2. The van der Waals surface area contributed by atoms with Crippen LogP contribution in [0.3, 0.4) is 0 Å². The Kier molecular flexibility index (Phi) is 19.2. The zero-order valence-corrected chi connectivity index (χ0v) is 17.8. The van der Waals surface area contributed by atoms with E-state index in [1.54, 1.807) is 0 Å². The highest BCUT2D eigenvalue weighted by molar-refractivity contribution is 5.66. The van der Waals surface area contributed by atoms with Gasteiger partial charge in [0.2, 0.25) is 0 Å². The summed E-state index contributed by atoms with van der Waals surface area (Å²) in [7, 11) is 0. The third kappa shape index (κ3) is 18.3. The molecule has 0 bridgehead atoms. The van der Waals surface area contributed by atoms with Crippen LogP contribution >= 0.6 is 0 Å². The summed E-state index contributed by atoms with van der Waals surface area (Å²) in [6, 6.07) is 0. The van der Waals surface area contributed by atoms with Crippen molar-refractivity contribution < 1.29 is 19.7 Å². The van der Waals surface area contributed by atoms with Gasteiger partial charge in [0.05, 0.1) is 12.7 Å². The van der Waals surface area contributed by atoms with Crippen LogP contribution in [0.4, 0.5) is 0 Å². The molecule has 0 spiro atoms. The number of hydrogen-bond donors (Lipinski definition) is 2. The van der Waals surface area contributed by atoms with Crippen molar-refractivity contribution in [3.8, 4) is 0 Å². The maximum atomic E-state index is 10.9. The number of rotatable bonds is 19. The summed E-state index contributed by atoms with van der Waals surface area (Å²) in [4.78, 5) is 10.9. The molecule has 0 aromatic carbocycles. The van der Waals surface area contributed by atoms with E-state index < -0.39 is 18.2 Å². The van der Waals surface area contributed by atoms with E-state index in [1.807, 2.05) is 0 Å². The lowest BCUT2D eigenvalue weighted by Crippen LogP contribution is -2.33. The third-order valence-corrected chi connectivity index (χ3v) is 4.94. The molecular formula is C23H44O4. The van der Waals surface area contributed by atoms with Crippen LogP contribution in [0, 0.1) is 0 Å². The SMILES string of the molecule is CCCCCCCC/C=C\CCCCCCCCC(O)C(CO)OC(C)=O. The van der Waals surface area contributed by atoms with Gasteiger partial charge in [-0.2, -0.15) is 0 Å². The second-order valence-corrected chi connectivity index (χ2v) is 7.62. The lowest BCUT2D eigenvalue weighted by Gasteiger charge is -2.20. The summed E-state index contributed by atoms with van der Waals surface area (Å²) >= 11 is 0. The number of aliphatic hydroxyl groups excluding tert-OH is 2. The molecule has 27 heavy (non-hydrogen) atoms. The van der Waals surface area contributed by atoms with Crippen molar-refractivity contribution in [2.24, 2.45) is 0 Å². The lowest BCUT2D eigenvalue weighted by molar-refractivity contribution is -0.155. The molecule has 2 N–H and O–H groups in total. The van der Waals surface area contributed by atoms with Crippen LogP contribution in [-0.2, 0) is 9.53 Å². The number of carbonyl (C=O) groups excluding carboxylic acids is 1. The second kappa shape index (κ2) is 19.9. The number of ether oxygens (including phenoxy) is 1. The van der Waals surface area contributed by atoms with Crippen LogP contribution in [0.5, 0.6) is 0 Å². The first kappa shape index (κ1) is 26.1. The van der Waals surface area contributed by atoms with Gasteiger partial charge in [0, 0.05) is 6.92 Å². The van der Waals surface area contributed by atoms with Gasteiger partial charge in [0.1, 0.15) is 0 Å². The molecule has 0 aromatic heterocycles. The Hall–Kier alpha value is -0.870. The van der Waals surface area contributed by atoms with Crippen molar-refractivity contribution in [1.29, 1.82) is 0 Å². The van der Waals surface area contributed by atoms with E-state index in [0.29, 0.717) is 6.42 Å². The predicted octanol–water partition coefficient (Wildman–Crippen LogP) is 5.70. The van der Waals surface area contributed by atoms with Crippen LogP contribution in [0.1, 0.15) is 110 Å². The Morgan fingerprint density at radius 1 is 0.852 bits per heavy atom. The number of unbranched alkanes of at least 4 members (excludes halogenated alkanes) is 12. The van der Waals surface area contributed by atoms with Crippen LogP contribution in [-0.4, -0.2) is 35.0 Å². The first-order valence-electron chi connectivity index (χ1n) is 11.2. The minimum atomic E-state index is -0.786. The van der Waals surface area contributed by atoms with E-state index in [4.69, 9.17) is 9.84 Å². The third-order valence-electron chi connectivity index (χ3n) is 4.94. The molecule has 0 saturated carbocycles. The standard InChI is InChI=1S/C23H44O4/c1-3-4-5-6-7-8-9-10-11-12-13-14-15-16-17-18-19-22(26)23(20-24)27-21(2)25/h10-11,22-24,26H,3-9,12-20H2,1-2H3/b11-10-. The molecule has 0 amide bonds. The van der Waals surface area contributed by atoms with Gasteiger partial charge >= 0.3 is 5.97 Å². The van der Waals surface area contributed by atoms with Gasteiger partial charge in [0.25, 0.3) is 0 Å². The van der Waals surface area contributed by atoms with E-state index in [2.05, 4.69) is 19.1 Å². The van der Waals surface area contributed by atoms with E-state index in [1.165, 1.54) is 84.0 Å². The van der Waals surface area contributed by atoms with Crippen molar-refractivity contribution in [3.63, 3.8) is 0 Å². The highest BCUT2D eigenvalue weighted by atomic mass is 16.6. The monoisotopic (exact) mass is 384 g/mol. The highest BCUT2D eigenvalue weighted by Gasteiger charge is 2.20. The summed E-state index contributed by atoms with van der Waals surface area (Å²) in [5.74, 6) is -0.464. The molecule has 0 aliphatic rings. The van der Waals surface area contributed by atoms with Gasteiger partial charge in [-0.25, -0.2) is 0 Å². The summed E-state index contributed by atoms with van der Waals surface area (Å²) in [6.45, 7) is 3.22. The average Bonchev–Trinajstić information content (AvgIpc) is 2.65. The predicted molar refractivity (Wildman–Crippen MR) is 113 cm³/mol. The first-order valence-corrected chi connectivity index (χ1v) is 11.2. The number of aliphatic hydroxyl groups is 2. The summed E-state index contributed by atoms with van der Waals surface area (Å²) < 4.78 is 4.90. The second-order valence-electron chi connectivity index (χ2n) is 7.62. The minimum Gasteiger partial charge on any atom is -0.457 e. The first-order chi connectivity index (χ1) is 13.1. The topological polar surface area (TPSA) is 66.8 Å². The number of allylic oxidation sites excluding steroid dienone is 2. The van der Waals surface area contributed by atoms with Gasteiger partial charge in [-0.1, -0.05) is 83.3 Å². The Balaban J connectivity index is 3.37. The van der Waals surface area contributed by atoms with Crippen molar-refractivity contribution in [2.45, 2.75) is 122 Å². The highest BCUT2D eigenvalue weighted by Crippen LogP contribution is 2.13. The molecule has 0 aliphatic carbocycles. The van der Waals surface area contributed by atoms with E-state index >= 15 is 0 Å². The molecule has 4 nitrogen and oxygen atoms in total. The number of hydrogen-bond acceptors (Lipinski definition) is 4. The molecule has 2 unspecified atom stereocenters. The zero-order valence-electron chi connectivity index (χ0n) is 17.8. The van der Waals surface area contributed by atoms with Gasteiger partial charge in [0.15, 0.2) is 6.10 Å². The molecule has 0 saturated heterocycles. The Labute approximate surface area is 167 Å². The van der Waals surface area contributed by atoms with Crippen LogP contribution in [0.15, 0.2) is 12.2 Å². The number of carbonyl (C=O) groups is 1. The van der Waals surface area contributed by atoms with Gasteiger partial charge in [-0.05, 0) is 32.1 Å². The van der Waals surface area contributed by atoms with Gasteiger partial charge < -0.3 is 14.9 Å². The Morgan fingerprint density at radius 3 is 1.81 bits per heavy atom. The van der Waals surface area contributed by atoms with E-state index in [0.717, 1.165) is 12.8 Å². The quantitative estimate of drug-likeness (QED) is 0.170. The molecule has 0 radical (unpaired) electrons. The minimum absolute atomic E-state index is 0.326.